The highest BCUT2D eigenvalue weighted by molar-refractivity contribution is 7.90. The first-order valence-electron chi connectivity index (χ1n) is 27.9. The molecule has 3 atom stereocenters. The average molecular weight is 1170 g/mol. The molecule has 4 aliphatic heterocycles. The van der Waals surface area contributed by atoms with E-state index in [1.165, 1.54) is 46.0 Å². The lowest BCUT2D eigenvalue weighted by atomic mass is 9.72. The van der Waals surface area contributed by atoms with E-state index in [9.17, 15) is 42.5 Å². The van der Waals surface area contributed by atoms with Crippen LogP contribution in [0.5, 0.6) is 11.5 Å². The largest absolute Gasteiger partial charge is 0.455 e. The number of nitrogens with two attached hydrogens (primary N) is 1. The van der Waals surface area contributed by atoms with E-state index in [1.54, 1.807) is 47.5 Å². The number of ether oxygens (including phenoxy) is 1. The number of H-pyrrole nitrogens is 1. The number of carbonyl (C=O) groups excluding carboxylic acids is 5. The number of nitro benzene ring substituents is 1. The van der Waals surface area contributed by atoms with Crippen molar-refractivity contribution in [3.63, 3.8) is 0 Å². The quantitative estimate of drug-likeness (QED) is 0.0350. The summed E-state index contributed by atoms with van der Waals surface area (Å²) in [7, 11) is -4.71. The second-order valence-electron chi connectivity index (χ2n) is 22.9. The number of piperidine rings is 2. The number of hydrogen-bond donors (Lipinski definition) is 5. The van der Waals surface area contributed by atoms with Crippen LogP contribution in [0.2, 0.25) is 5.02 Å². The van der Waals surface area contributed by atoms with Crippen LogP contribution in [-0.2, 0) is 31.0 Å². The van der Waals surface area contributed by atoms with Crippen molar-refractivity contribution in [1.29, 1.82) is 0 Å². The van der Waals surface area contributed by atoms with Crippen molar-refractivity contribution in [3.05, 3.63) is 152 Å². The van der Waals surface area contributed by atoms with Crippen LogP contribution >= 0.6 is 11.6 Å². The molecule has 83 heavy (non-hydrogen) atoms. The number of aromatic nitrogens is 2. The highest BCUT2D eigenvalue weighted by Gasteiger charge is 2.42. The minimum atomic E-state index is -4.71. The Morgan fingerprint density at radius 2 is 1.76 bits per heavy atom. The predicted molar refractivity (Wildman–Crippen MR) is 312 cm³/mol. The molecular weight excluding hydrogens is 1100 g/mol. The molecule has 3 fully saturated rings. The molecule has 0 radical (unpaired) electrons. The van der Waals surface area contributed by atoms with Crippen molar-refractivity contribution < 1.29 is 42.1 Å². The minimum absolute atomic E-state index is 0.0309. The van der Waals surface area contributed by atoms with Gasteiger partial charge in [-0.3, -0.25) is 44.3 Å². The second-order valence-corrected chi connectivity index (χ2v) is 25.0. The Hall–Kier alpha value is -8.18. The van der Waals surface area contributed by atoms with E-state index in [1.807, 2.05) is 18.2 Å². The van der Waals surface area contributed by atoms with E-state index in [2.05, 4.69) is 61.1 Å². The first kappa shape index (κ1) is 56.7. The van der Waals surface area contributed by atoms with Gasteiger partial charge >= 0.3 is 0 Å². The summed E-state index contributed by atoms with van der Waals surface area (Å²) < 4.78 is 36.5. The number of pyridine rings is 1. The van der Waals surface area contributed by atoms with Crippen molar-refractivity contribution in [2.24, 2.45) is 17.1 Å². The molecule has 5 amide bonds. The number of anilines is 2. The van der Waals surface area contributed by atoms with Crippen molar-refractivity contribution in [2.45, 2.75) is 82.3 Å². The molecule has 0 bridgehead atoms. The maximum atomic E-state index is 14.2. The highest BCUT2D eigenvalue weighted by atomic mass is 35.5. The Bertz CT molecular complexity index is 3730. The summed E-state index contributed by atoms with van der Waals surface area (Å²) in [6, 6.07) is 23.0. The fourth-order valence-electron chi connectivity index (χ4n) is 12.1. The molecule has 3 saturated heterocycles. The molecule has 0 saturated carbocycles. The topological polar surface area (TPSA) is 276 Å². The smallest absolute Gasteiger partial charge is 0.293 e. The number of imide groups is 1. The van der Waals surface area contributed by atoms with Gasteiger partial charge in [-0.2, -0.15) is 0 Å². The zero-order chi connectivity index (χ0) is 58.3. The van der Waals surface area contributed by atoms with Gasteiger partial charge in [0.15, 0.2) is 0 Å². The first-order valence-corrected chi connectivity index (χ1v) is 29.7. The summed E-state index contributed by atoms with van der Waals surface area (Å²) in [5.74, 6) is -2.54. The fourth-order valence-corrected chi connectivity index (χ4v) is 13.2. The highest BCUT2D eigenvalue weighted by Crippen LogP contribution is 2.44. The van der Waals surface area contributed by atoms with E-state index in [-0.39, 0.29) is 72.6 Å². The van der Waals surface area contributed by atoms with E-state index < -0.39 is 55.3 Å². The number of carbonyl (C=O) groups is 5. The Labute approximate surface area is 484 Å². The van der Waals surface area contributed by atoms with Gasteiger partial charge in [0.05, 0.1) is 21.6 Å². The van der Waals surface area contributed by atoms with Crippen molar-refractivity contribution in [1.82, 2.24) is 34.7 Å². The van der Waals surface area contributed by atoms with Gasteiger partial charge < -0.3 is 35.5 Å². The van der Waals surface area contributed by atoms with Crippen molar-refractivity contribution in [2.75, 3.05) is 62.6 Å². The van der Waals surface area contributed by atoms with Gasteiger partial charge in [0.2, 0.25) is 17.7 Å². The molecule has 2 aromatic heterocycles. The SMILES string of the molecule is CC1(C)CCC(CN2CCN(c3ccc(C(=O)NS(=O)(=O)c4ccc(NCC5CCCN(C(=O)C(N)c6cccc7c6CN(C6CCC(=O)NC6=O)C7=O)C5)c([N+](=O)[O-])c4)c(Oc4cnc5[nH]ccc5c4)c3)CC2)=C(c2ccc(Cl)cc2)C1. The van der Waals surface area contributed by atoms with Crippen LogP contribution in [0.25, 0.3) is 16.6 Å². The third kappa shape index (κ3) is 12.2. The average Bonchev–Trinajstić information content (AvgIpc) is 4.33. The lowest BCUT2D eigenvalue weighted by Crippen LogP contribution is -2.52. The number of sulfonamides is 1. The van der Waals surface area contributed by atoms with Crippen LogP contribution in [0.3, 0.4) is 0 Å². The van der Waals surface area contributed by atoms with Gasteiger partial charge in [-0.05, 0) is 127 Å². The number of amides is 5. The van der Waals surface area contributed by atoms with Gasteiger partial charge in [0, 0.05) is 105 Å². The number of hydrogen-bond acceptors (Lipinski definition) is 15. The standard InChI is InChI=1S/C60H64ClN11O10S/c1-60(2)20-18-39(47(30-60)37-8-10-40(61)11-9-37)34-68-23-25-69(26-24-68)41-12-14-46(52(28-41)82-42-27-38-19-21-63-55(38)65-32-42)56(74)67-83(80,81)43-13-15-49(51(29-43)72(78)79)64-31-36-5-4-22-70(33-36)59(77)54(62)44-6-3-7-45-48(44)35-71(58(45)76)50-16-17-53(73)66-57(50)75/h3,6-15,19,21,27-29,32,36,50,54,64H,4-5,16-18,20,22-26,30-31,33-35,62H2,1-2H3,(H,63,65)(H,67,74)(H,66,73,75). The number of halogens is 1. The Balaban J connectivity index is 0.751. The van der Waals surface area contributed by atoms with Gasteiger partial charge in [-0.25, -0.2) is 18.1 Å². The van der Waals surface area contributed by atoms with Crippen LogP contribution < -0.4 is 30.7 Å². The van der Waals surface area contributed by atoms with E-state index in [0.29, 0.717) is 65.6 Å². The van der Waals surface area contributed by atoms with Gasteiger partial charge in [0.25, 0.3) is 27.5 Å². The Kier molecular flexibility index (Phi) is 15.9. The normalized spacial score (nSPS) is 19.8. The molecule has 1 aliphatic carbocycles. The van der Waals surface area contributed by atoms with E-state index in [0.717, 1.165) is 56.0 Å². The minimum Gasteiger partial charge on any atom is -0.455 e. The Morgan fingerprint density at radius 1 is 0.964 bits per heavy atom. The summed E-state index contributed by atoms with van der Waals surface area (Å²) in [4.78, 5) is 92.7. The maximum Gasteiger partial charge on any atom is 0.293 e. The number of aromatic amines is 1. The number of nitrogens with one attached hydrogen (secondary N) is 4. The van der Waals surface area contributed by atoms with Crippen molar-refractivity contribution >= 4 is 84.8 Å². The lowest BCUT2D eigenvalue weighted by molar-refractivity contribution is -0.384. The fraction of sp³-hybridized carbons (Fsp3) is 0.367. The van der Waals surface area contributed by atoms with Crippen LogP contribution in [0, 0.1) is 21.4 Å². The summed E-state index contributed by atoms with van der Waals surface area (Å²) in [6.45, 7) is 9.30. The number of fused-ring (bicyclic) bond motifs is 2. The second kappa shape index (κ2) is 23.2. The van der Waals surface area contributed by atoms with Crippen LogP contribution in [0.15, 0.2) is 114 Å². The molecule has 11 rings (SSSR count). The predicted octanol–water partition coefficient (Wildman–Crippen LogP) is 7.93. The lowest BCUT2D eigenvalue weighted by Gasteiger charge is -2.39. The molecule has 6 heterocycles. The monoisotopic (exact) mass is 1170 g/mol. The maximum absolute atomic E-state index is 14.2. The molecule has 432 valence electrons. The number of nitro groups is 1. The van der Waals surface area contributed by atoms with Crippen LogP contribution in [0.4, 0.5) is 17.1 Å². The number of likely N-dealkylation sites (tertiary alicyclic amines) is 1. The van der Waals surface area contributed by atoms with Gasteiger partial charge in [-0.1, -0.05) is 55.3 Å². The Morgan fingerprint density at radius 3 is 2.53 bits per heavy atom. The summed E-state index contributed by atoms with van der Waals surface area (Å²) >= 11 is 6.27. The number of nitrogens with zero attached hydrogens (tertiary/aromatic N) is 6. The third-order valence-corrected chi connectivity index (χ3v) is 18.3. The van der Waals surface area contributed by atoms with Crippen LogP contribution in [0.1, 0.15) is 102 Å². The van der Waals surface area contributed by atoms with Crippen molar-refractivity contribution in [3.8, 4) is 11.5 Å². The molecular formula is C60H64ClN11O10S. The molecule has 21 nitrogen and oxygen atoms in total. The molecule has 0 spiro atoms. The summed E-state index contributed by atoms with van der Waals surface area (Å²) in [6.07, 6.45) is 7.90. The molecule has 23 heteroatoms. The molecule has 4 aromatic carbocycles. The third-order valence-electron chi connectivity index (χ3n) is 16.7. The zero-order valence-electron chi connectivity index (χ0n) is 46.0. The number of allylic oxidation sites excluding steroid dienone is 1. The number of benzene rings is 4. The molecule has 6 aromatic rings. The molecule has 6 N–H and O–H groups in total. The number of piperazine rings is 1. The zero-order valence-corrected chi connectivity index (χ0v) is 47.6. The van der Waals surface area contributed by atoms with E-state index >= 15 is 0 Å². The van der Waals surface area contributed by atoms with Crippen LogP contribution in [-0.4, -0.2) is 126 Å². The van der Waals surface area contributed by atoms with E-state index in [4.69, 9.17) is 22.1 Å². The summed E-state index contributed by atoms with van der Waals surface area (Å²) in [5.41, 5.74) is 13.0. The van der Waals surface area contributed by atoms with Gasteiger partial charge in [0.1, 0.15) is 34.9 Å². The molecule has 5 aliphatic rings. The molecule has 3 unspecified atom stereocenters. The summed E-state index contributed by atoms with van der Waals surface area (Å²) in [5, 5.41) is 19.4. The van der Waals surface area contributed by atoms with Gasteiger partial charge in [-0.15, -0.1) is 0 Å². The first-order chi connectivity index (χ1) is 39.8. The number of rotatable bonds is 16.